The Hall–Kier alpha value is -2.50. The molecule has 0 radical (unpaired) electrons. The van der Waals surface area contributed by atoms with Gasteiger partial charge in [0.15, 0.2) is 0 Å². The van der Waals surface area contributed by atoms with E-state index < -0.39 is 0 Å². The predicted molar refractivity (Wildman–Crippen MR) is 137 cm³/mol. The zero-order valence-corrected chi connectivity index (χ0v) is 21.3. The first-order valence-corrected chi connectivity index (χ1v) is 12.5. The summed E-state index contributed by atoms with van der Waals surface area (Å²) in [6.07, 6.45) is 2.11. The molecule has 0 fully saturated rings. The minimum atomic E-state index is -0.00215. The lowest BCUT2D eigenvalue weighted by Gasteiger charge is -2.09. The molecule has 34 heavy (non-hydrogen) atoms. The first-order chi connectivity index (χ1) is 16.3. The molecular weight excluding hydrogens is 426 g/mol. The van der Waals surface area contributed by atoms with E-state index in [1.807, 2.05) is 24.3 Å². The van der Waals surface area contributed by atoms with Crippen LogP contribution < -0.4 is 5.32 Å². The van der Waals surface area contributed by atoms with Crippen molar-refractivity contribution in [1.82, 2.24) is 5.32 Å². The summed E-state index contributed by atoms with van der Waals surface area (Å²) >= 11 is 0. The van der Waals surface area contributed by atoms with Crippen molar-refractivity contribution < 1.29 is 19.1 Å². The van der Waals surface area contributed by atoms with Gasteiger partial charge in [-0.2, -0.15) is 0 Å². The highest BCUT2D eigenvalue weighted by Gasteiger charge is 2.06. The number of rotatable bonds is 16. The number of nitrogens with one attached hydrogen (secondary N) is 1. The van der Waals surface area contributed by atoms with E-state index in [-0.39, 0.29) is 11.7 Å². The van der Waals surface area contributed by atoms with E-state index in [9.17, 15) is 9.59 Å². The van der Waals surface area contributed by atoms with E-state index in [2.05, 4.69) is 57.3 Å². The molecule has 0 bridgehead atoms. The second-order valence-corrected chi connectivity index (χ2v) is 9.36. The number of amides is 1. The highest BCUT2D eigenvalue weighted by molar-refractivity contribution is 5.80. The summed E-state index contributed by atoms with van der Waals surface area (Å²) < 4.78 is 11.0. The van der Waals surface area contributed by atoms with Crippen molar-refractivity contribution in [3.05, 3.63) is 70.8 Å². The molecule has 0 spiro atoms. The van der Waals surface area contributed by atoms with Crippen LogP contribution in [0.3, 0.4) is 0 Å². The largest absolute Gasteiger partial charge is 0.379 e. The minimum absolute atomic E-state index is 0.00215. The van der Waals surface area contributed by atoms with Crippen molar-refractivity contribution in [2.75, 3.05) is 33.0 Å². The Balaban J connectivity index is 1.43. The van der Waals surface area contributed by atoms with Crippen LogP contribution in [0.1, 0.15) is 74.6 Å². The molecule has 0 aliphatic carbocycles. The number of carbonyl (C=O) groups excluding carboxylic acids is 2. The quantitative estimate of drug-likeness (QED) is 0.344. The van der Waals surface area contributed by atoms with Crippen LogP contribution in [0.5, 0.6) is 0 Å². The van der Waals surface area contributed by atoms with E-state index >= 15 is 0 Å². The number of Topliss-reactive ketones (excluding diaryl/α,β-unsaturated/α-hetero) is 1. The zero-order valence-electron chi connectivity index (χ0n) is 21.3. The van der Waals surface area contributed by atoms with Crippen molar-refractivity contribution in [3.8, 4) is 0 Å². The third-order valence-electron chi connectivity index (χ3n) is 5.74. The van der Waals surface area contributed by atoms with Gasteiger partial charge in [0.2, 0.25) is 5.91 Å². The monoisotopic (exact) mass is 467 g/mol. The summed E-state index contributed by atoms with van der Waals surface area (Å²) in [7, 11) is 0. The van der Waals surface area contributed by atoms with Gasteiger partial charge in [0.1, 0.15) is 5.78 Å². The van der Waals surface area contributed by atoms with Gasteiger partial charge in [-0.3, -0.25) is 9.59 Å². The number of carbonyl (C=O) groups is 2. The van der Waals surface area contributed by atoms with Gasteiger partial charge in [0, 0.05) is 26.0 Å². The van der Waals surface area contributed by atoms with Crippen molar-refractivity contribution in [1.29, 1.82) is 0 Å². The Labute approximate surface area is 205 Å². The van der Waals surface area contributed by atoms with E-state index in [0.29, 0.717) is 64.1 Å². The number of hydrogen-bond acceptors (Lipinski definition) is 4. The summed E-state index contributed by atoms with van der Waals surface area (Å²) in [5.74, 6) is 1.23. The van der Waals surface area contributed by atoms with Gasteiger partial charge in [0.05, 0.1) is 26.2 Å². The molecule has 1 amide bonds. The molecule has 1 N–H and O–H groups in total. The highest BCUT2D eigenvalue weighted by atomic mass is 16.5. The van der Waals surface area contributed by atoms with Crippen LogP contribution in [0.4, 0.5) is 0 Å². The molecule has 0 unspecified atom stereocenters. The molecule has 0 heterocycles. The maximum absolute atomic E-state index is 12.1. The fraction of sp³-hybridized carbons (Fsp3) is 0.517. The number of hydrogen-bond donors (Lipinski definition) is 1. The summed E-state index contributed by atoms with van der Waals surface area (Å²) in [6, 6.07) is 16.5. The molecule has 0 aromatic heterocycles. The fourth-order valence-corrected chi connectivity index (χ4v) is 3.56. The van der Waals surface area contributed by atoms with Crippen LogP contribution in [-0.2, 0) is 31.9 Å². The maximum Gasteiger partial charge on any atom is 0.224 e. The lowest BCUT2D eigenvalue weighted by molar-refractivity contribution is -0.121. The van der Waals surface area contributed by atoms with E-state index in [4.69, 9.17) is 9.47 Å². The number of ketones is 1. The van der Waals surface area contributed by atoms with Crippen LogP contribution in [0.25, 0.3) is 0 Å². The molecule has 5 heteroatoms. The number of benzene rings is 2. The summed E-state index contributed by atoms with van der Waals surface area (Å²) in [6.45, 7) is 11.1. The van der Waals surface area contributed by atoms with Crippen molar-refractivity contribution in [3.63, 3.8) is 0 Å². The Morgan fingerprint density at radius 2 is 1.21 bits per heavy atom. The lowest BCUT2D eigenvalue weighted by Crippen LogP contribution is -2.29. The van der Waals surface area contributed by atoms with Gasteiger partial charge in [-0.1, -0.05) is 76.2 Å². The van der Waals surface area contributed by atoms with Gasteiger partial charge in [-0.05, 0) is 40.5 Å². The first-order valence-electron chi connectivity index (χ1n) is 12.5. The third kappa shape index (κ3) is 11.1. The van der Waals surface area contributed by atoms with Gasteiger partial charge in [-0.25, -0.2) is 0 Å². The molecule has 0 atom stereocenters. The van der Waals surface area contributed by atoms with E-state index in [1.165, 1.54) is 11.1 Å². The standard InChI is InChI=1S/C29H41NO4/c1-22(2)26-11-7-24(8-12-26)20-28(31)6-5-16-33-18-19-34-17-15-30-29(32)21-25-9-13-27(14-10-25)23(3)4/h7-14,22-23H,5-6,15-21H2,1-4H3,(H,30,32). The van der Waals surface area contributed by atoms with Gasteiger partial charge in [0.25, 0.3) is 0 Å². The zero-order chi connectivity index (χ0) is 24.8. The topological polar surface area (TPSA) is 64.6 Å². The van der Waals surface area contributed by atoms with E-state index in [0.717, 1.165) is 17.5 Å². The molecule has 2 aromatic rings. The molecular formula is C29H41NO4. The second-order valence-electron chi connectivity index (χ2n) is 9.36. The Bertz CT molecular complexity index is 783. The molecule has 0 aliphatic heterocycles. The van der Waals surface area contributed by atoms with Crippen LogP contribution in [0.15, 0.2) is 48.5 Å². The molecule has 2 aromatic carbocycles. The molecule has 0 saturated heterocycles. The highest BCUT2D eigenvalue weighted by Crippen LogP contribution is 2.16. The van der Waals surface area contributed by atoms with Crippen LogP contribution in [-0.4, -0.2) is 44.7 Å². The molecule has 186 valence electrons. The van der Waals surface area contributed by atoms with Gasteiger partial charge >= 0.3 is 0 Å². The van der Waals surface area contributed by atoms with Crippen LogP contribution >= 0.6 is 0 Å². The fourth-order valence-electron chi connectivity index (χ4n) is 3.56. The molecule has 0 aliphatic rings. The van der Waals surface area contributed by atoms with Crippen molar-refractivity contribution >= 4 is 11.7 Å². The SMILES string of the molecule is CC(C)c1ccc(CC(=O)CCCOCCOCCNC(=O)Cc2ccc(C(C)C)cc2)cc1. The predicted octanol–water partition coefficient (Wildman–Crippen LogP) is 5.22. The summed E-state index contributed by atoms with van der Waals surface area (Å²) in [4.78, 5) is 24.2. The lowest BCUT2D eigenvalue weighted by atomic mass is 9.99. The van der Waals surface area contributed by atoms with Crippen LogP contribution in [0.2, 0.25) is 0 Å². The number of ether oxygens (including phenoxy) is 2. The Morgan fingerprint density at radius 1 is 0.706 bits per heavy atom. The third-order valence-corrected chi connectivity index (χ3v) is 5.74. The first kappa shape index (κ1) is 27.7. The van der Waals surface area contributed by atoms with Gasteiger partial charge in [-0.15, -0.1) is 0 Å². The van der Waals surface area contributed by atoms with Crippen molar-refractivity contribution in [2.24, 2.45) is 0 Å². The Morgan fingerprint density at radius 3 is 1.74 bits per heavy atom. The van der Waals surface area contributed by atoms with Crippen molar-refractivity contribution in [2.45, 2.75) is 65.2 Å². The minimum Gasteiger partial charge on any atom is -0.379 e. The Kier molecular flexibility index (Phi) is 12.6. The van der Waals surface area contributed by atoms with Gasteiger partial charge < -0.3 is 14.8 Å². The molecule has 0 saturated carbocycles. The van der Waals surface area contributed by atoms with Crippen LogP contribution in [0, 0.1) is 0 Å². The molecule has 5 nitrogen and oxygen atoms in total. The normalized spacial score (nSPS) is 11.2. The average Bonchev–Trinajstić information content (AvgIpc) is 2.81. The maximum atomic E-state index is 12.1. The second kappa shape index (κ2) is 15.4. The smallest absolute Gasteiger partial charge is 0.224 e. The average molecular weight is 468 g/mol. The summed E-state index contributed by atoms with van der Waals surface area (Å²) in [5.41, 5.74) is 4.65. The van der Waals surface area contributed by atoms with E-state index in [1.54, 1.807) is 0 Å². The molecule has 2 rings (SSSR count). The summed E-state index contributed by atoms with van der Waals surface area (Å²) in [5, 5.41) is 2.88.